The van der Waals surface area contributed by atoms with E-state index in [2.05, 4.69) is 163 Å². The minimum atomic E-state index is -0.555. The highest BCUT2D eigenvalue weighted by Gasteiger charge is 2.30. The predicted molar refractivity (Wildman–Crippen MR) is 445 cm³/mol. The molecule has 1 aromatic heterocycles. The summed E-state index contributed by atoms with van der Waals surface area (Å²) in [6, 6.07) is 42.1. The van der Waals surface area contributed by atoms with Gasteiger partial charge in [-0.15, -0.1) is 0 Å². The van der Waals surface area contributed by atoms with Crippen LogP contribution < -0.4 is 10.5 Å². The molecular formula is C93H124N4O13. The summed E-state index contributed by atoms with van der Waals surface area (Å²) >= 11 is 0. The van der Waals surface area contributed by atoms with Crippen LogP contribution in [0.2, 0.25) is 0 Å². The third-order valence-corrected chi connectivity index (χ3v) is 18.4. The van der Waals surface area contributed by atoms with E-state index in [1.807, 2.05) is 75.4 Å². The third-order valence-electron chi connectivity index (χ3n) is 18.4. The standard InChI is InChI=1S/C29H31N3O3.C19H30O4.C16H27NO.C16H26O2.C13H10O3/c1-6-21(33)16-35-22-9-12-25(26(34)15-22)29-31-27(23-10-7-17(2)13-19(23)4)30-28(32-29)24-11-8-18(3)14-20(24)5;1-18(2,3)14-11-13(7-8-16(21)23-10-9-20)12-15(17(14)22)19(4,5)6;2*1-15(2,3)12-9-11(7-8-17)10-13(14(12)18)16(4,5)6;14-10-6-7-11(12(15)8-10)13(16)9-4-2-1-3-5-9/h7-15,21,33-34H,6,16H2,1-5H3;11-12,20,22H,7-10H2,1-6H3;9-10,18H,7-8,17H2,1-6H3;9-10,17-18H,7-8H2,1-6H3;1-8,14-15H. The second kappa shape index (κ2) is 38.8. The van der Waals surface area contributed by atoms with Gasteiger partial charge in [0.1, 0.15) is 53.5 Å². The second-order valence-electron chi connectivity index (χ2n) is 34.5. The average molecular weight is 1510 g/mol. The zero-order valence-corrected chi connectivity index (χ0v) is 69.5. The maximum absolute atomic E-state index is 11.9. The molecule has 0 saturated carbocycles. The molecule has 17 nitrogen and oxygen atoms in total. The fourth-order valence-corrected chi connectivity index (χ4v) is 12.1. The van der Waals surface area contributed by atoms with Crippen LogP contribution in [0.1, 0.15) is 233 Å². The van der Waals surface area contributed by atoms with Crippen molar-refractivity contribution in [2.45, 2.75) is 230 Å². The van der Waals surface area contributed by atoms with Crippen LogP contribution in [0.5, 0.6) is 40.2 Å². The number of rotatable bonds is 18. The molecule has 9 aromatic rings. The lowest BCUT2D eigenvalue weighted by atomic mass is 9.78. The summed E-state index contributed by atoms with van der Waals surface area (Å²) in [5.74, 6) is 2.26. The number of aryl methyl sites for hydroxylation is 5. The number of phenolic OH excluding ortho intramolecular Hbond substituents is 6. The van der Waals surface area contributed by atoms with Crippen molar-refractivity contribution in [1.29, 1.82) is 0 Å². The lowest BCUT2D eigenvalue weighted by Crippen LogP contribution is -2.18. The van der Waals surface area contributed by atoms with Gasteiger partial charge in [-0.05, 0) is 178 Å². The van der Waals surface area contributed by atoms with Crippen molar-refractivity contribution in [3.8, 4) is 74.4 Å². The van der Waals surface area contributed by atoms with Gasteiger partial charge in [0.05, 0.1) is 23.8 Å². The first-order valence-electron chi connectivity index (χ1n) is 37.9. The molecule has 17 heteroatoms. The van der Waals surface area contributed by atoms with Gasteiger partial charge < -0.3 is 61.2 Å². The number of carbonyl (C=O) groups is 2. The molecule has 9 rings (SSSR count). The molecule has 0 saturated heterocycles. The van der Waals surface area contributed by atoms with Crippen LogP contribution in [-0.4, -0.2) is 112 Å². The number of aliphatic hydroxyl groups excluding tert-OH is 3. The molecule has 0 aliphatic heterocycles. The van der Waals surface area contributed by atoms with Crippen molar-refractivity contribution in [2.75, 3.05) is 33.0 Å². The number of esters is 1. The summed E-state index contributed by atoms with van der Waals surface area (Å²) in [4.78, 5) is 37.9. The molecule has 0 aliphatic carbocycles. The summed E-state index contributed by atoms with van der Waals surface area (Å²) in [6.45, 7) is 48.6. The molecule has 0 bridgehead atoms. The predicted octanol–water partition coefficient (Wildman–Crippen LogP) is 18.8. The number of carbonyl (C=O) groups excluding carboxylic acids is 2. The minimum absolute atomic E-state index is 0.00200. The van der Waals surface area contributed by atoms with Crippen molar-refractivity contribution in [3.05, 3.63) is 223 Å². The Labute approximate surface area is 654 Å². The van der Waals surface area contributed by atoms with Gasteiger partial charge in [0.2, 0.25) is 0 Å². The van der Waals surface area contributed by atoms with Crippen molar-refractivity contribution in [2.24, 2.45) is 5.73 Å². The van der Waals surface area contributed by atoms with E-state index < -0.39 is 6.10 Å². The van der Waals surface area contributed by atoms with Gasteiger partial charge >= 0.3 is 5.97 Å². The lowest BCUT2D eigenvalue weighted by Gasteiger charge is -2.28. The van der Waals surface area contributed by atoms with E-state index in [1.165, 1.54) is 23.8 Å². The number of aliphatic hydroxyl groups is 3. The van der Waals surface area contributed by atoms with Gasteiger partial charge in [-0.1, -0.05) is 246 Å². The van der Waals surface area contributed by atoms with Gasteiger partial charge in [-0.25, -0.2) is 15.0 Å². The van der Waals surface area contributed by atoms with Crippen molar-refractivity contribution in [1.82, 2.24) is 15.0 Å². The highest BCUT2D eigenvalue weighted by atomic mass is 16.5. The molecular weight excluding hydrogens is 1380 g/mol. The first kappa shape index (κ1) is 91.0. The molecule has 1 unspecified atom stereocenters. The van der Waals surface area contributed by atoms with E-state index in [0.717, 1.165) is 90.4 Å². The summed E-state index contributed by atoms with van der Waals surface area (Å²) in [6.07, 6.45) is 2.34. The Kier molecular flexibility index (Phi) is 32.1. The molecule has 8 aromatic carbocycles. The van der Waals surface area contributed by atoms with Gasteiger partial charge in [-0.3, -0.25) is 9.59 Å². The summed E-state index contributed by atoms with van der Waals surface area (Å²) in [5, 5.41) is 88.7. The number of aromatic nitrogens is 3. The number of hydrogen-bond acceptors (Lipinski definition) is 17. The molecule has 1 heterocycles. The Morgan fingerprint density at radius 1 is 0.445 bits per heavy atom. The number of benzene rings is 8. The summed E-state index contributed by atoms with van der Waals surface area (Å²) < 4.78 is 10.5. The first-order chi connectivity index (χ1) is 51.0. The number of aromatic hydroxyl groups is 6. The van der Waals surface area contributed by atoms with Crippen LogP contribution in [0.3, 0.4) is 0 Å². The minimum Gasteiger partial charge on any atom is -0.508 e. The Hall–Kier alpha value is -9.65. The molecule has 110 heavy (non-hydrogen) atoms. The lowest BCUT2D eigenvalue weighted by molar-refractivity contribution is -0.144. The maximum Gasteiger partial charge on any atom is 0.306 e. The van der Waals surface area contributed by atoms with E-state index >= 15 is 0 Å². The molecule has 594 valence electrons. The highest BCUT2D eigenvalue weighted by Crippen LogP contribution is 2.44. The number of nitrogens with two attached hydrogens (primary N) is 1. The summed E-state index contributed by atoms with van der Waals surface area (Å²) in [5.41, 5.74) is 21.5. The topological polar surface area (TPSA) is 299 Å². The van der Waals surface area contributed by atoms with Crippen LogP contribution in [0.4, 0.5) is 0 Å². The molecule has 0 aliphatic rings. The molecule has 0 fully saturated rings. The Balaban J connectivity index is 0.000000255. The van der Waals surface area contributed by atoms with E-state index in [4.69, 9.17) is 45.5 Å². The van der Waals surface area contributed by atoms with Gasteiger partial charge in [0.15, 0.2) is 23.3 Å². The molecule has 0 radical (unpaired) electrons. The normalized spacial score (nSPS) is 12.0. The molecule has 11 N–H and O–H groups in total. The number of phenols is 6. The van der Waals surface area contributed by atoms with Crippen LogP contribution in [-0.2, 0) is 61.3 Å². The van der Waals surface area contributed by atoms with E-state index in [0.29, 0.717) is 77.4 Å². The average Bonchev–Trinajstić information content (AvgIpc) is 0.799. The van der Waals surface area contributed by atoms with E-state index in [-0.39, 0.29) is 99.9 Å². The fraction of sp³-hybridized carbons (Fsp3) is 0.430. The van der Waals surface area contributed by atoms with Gasteiger partial charge in [0, 0.05) is 41.9 Å². The monoisotopic (exact) mass is 1500 g/mol. The van der Waals surface area contributed by atoms with Gasteiger partial charge in [0.25, 0.3) is 0 Å². The Bertz CT molecular complexity index is 4300. The first-order valence-corrected chi connectivity index (χ1v) is 37.9. The third kappa shape index (κ3) is 26.3. The Morgan fingerprint density at radius 3 is 1.19 bits per heavy atom. The maximum atomic E-state index is 11.9. The number of nitrogens with zero attached hydrogens (tertiary/aromatic N) is 3. The smallest absolute Gasteiger partial charge is 0.306 e. The number of ketones is 1. The zero-order chi connectivity index (χ0) is 82.8. The van der Waals surface area contributed by atoms with Crippen LogP contribution >= 0.6 is 0 Å². The van der Waals surface area contributed by atoms with E-state index in [9.17, 15) is 40.2 Å². The molecule has 1 atom stereocenters. The second-order valence-corrected chi connectivity index (χ2v) is 34.5. The molecule has 0 spiro atoms. The van der Waals surface area contributed by atoms with Gasteiger partial charge in [-0.2, -0.15) is 0 Å². The number of hydrogen-bond donors (Lipinski definition) is 10. The van der Waals surface area contributed by atoms with Crippen molar-refractivity contribution in [3.63, 3.8) is 0 Å². The van der Waals surface area contributed by atoms with Crippen molar-refractivity contribution < 1.29 is 65.0 Å². The highest BCUT2D eigenvalue weighted by molar-refractivity contribution is 6.10. The van der Waals surface area contributed by atoms with E-state index in [1.54, 1.807) is 36.4 Å². The summed E-state index contributed by atoms with van der Waals surface area (Å²) in [7, 11) is 0. The molecule has 0 amide bonds. The largest absolute Gasteiger partial charge is 0.508 e. The number of ether oxygens (including phenoxy) is 2. The van der Waals surface area contributed by atoms with Crippen molar-refractivity contribution >= 4 is 11.8 Å². The van der Waals surface area contributed by atoms with Crippen LogP contribution in [0.15, 0.2) is 140 Å². The fourth-order valence-electron chi connectivity index (χ4n) is 12.1. The van der Waals surface area contributed by atoms with Crippen LogP contribution in [0.25, 0.3) is 34.2 Å². The zero-order valence-electron chi connectivity index (χ0n) is 69.5. The Morgan fingerprint density at radius 2 is 0.836 bits per heavy atom. The quantitative estimate of drug-likeness (QED) is 0.0282. The van der Waals surface area contributed by atoms with Crippen LogP contribution in [0, 0.1) is 27.7 Å². The SMILES string of the molecule is CC(C)(C)c1cc(CCC(=O)OCCO)cc(C(C)(C)C)c1O.CC(C)(C)c1cc(CCN)cc(C(C)(C)C)c1O.CC(C)(C)c1cc(CCO)cc(C(C)(C)C)c1O.CCC(O)COc1ccc(-c2nc(-c3ccc(C)cc3C)nc(-c3ccc(C)cc3C)n2)c(O)c1.O=C(c1ccccc1)c1ccc(O)cc1O.